The Morgan fingerprint density at radius 3 is 2.07 bits per heavy atom. The average molecular weight is 380 g/mol. The summed E-state index contributed by atoms with van der Waals surface area (Å²) < 4.78 is 26.9. The fourth-order valence-electron chi connectivity index (χ4n) is 3.15. The topological polar surface area (TPSA) is 97.0 Å². The minimum Gasteiger partial charge on any atom is -0.379 e. The fraction of sp³-hybridized carbons (Fsp3) is 0.300. The van der Waals surface area contributed by atoms with Gasteiger partial charge in [0, 0.05) is 19.6 Å². The van der Waals surface area contributed by atoms with Crippen molar-refractivity contribution in [3.05, 3.63) is 59.2 Å². The van der Waals surface area contributed by atoms with Gasteiger partial charge in [0.1, 0.15) is 12.1 Å². The molecule has 0 amide bonds. The molecule has 1 aliphatic rings. The van der Waals surface area contributed by atoms with Gasteiger partial charge in [-0.15, -0.1) is 0 Å². The van der Waals surface area contributed by atoms with E-state index in [0.717, 1.165) is 24.8 Å². The molecule has 1 saturated heterocycles. The monoisotopic (exact) mass is 380 g/mol. The fourth-order valence-corrected chi connectivity index (χ4v) is 4.67. The smallest absolute Gasteiger partial charge is 0.243 e. The first-order valence-electron chi connectivity index (χ1n) is 8.82. The van der Waals surface area contributed by atoms with Crippen LogP contribution in [0.2, 0.25) is 0 Å². The van der Waals surface area contributed by atoms with Gasteiger partial charge in [-0.1, -0.05) is 24.6 Å². The summed E-state index contributed by atoms with van der Waals surface area (Å²) in [5.41, 5.74) is 2.16. The number of benzene rings is 2. The molecular formula is C20H20N4O2S. The molecule has 6 nitrogen and oxygen atoms in total. The van der Waals surface area contributed by atoms with Crippen molar-refractivity contribution < 1.29 is 8.42 Å². The van der Waals surface area contributed by atoms with Crippen LogP contribution < -0.4 is 5.32 Å². The van der Waals surface area contributed by atoms with E-state index in [2.05, 4.69) is 17.5 Å². The molecule has 0 saturated carbocycles. The molecule has 0 bridgehead atoms. The predicted molar refractivity (Wildman–Crippen MR) is 102 cm³/mol. The molecule has 27 heavy (non-hydrogen) atoms. The molecule has 1 fully saturated rings. The van der Waals surface area contributed by atoms with Gasteiger partial charge in [-0.25, -0.2) is 8.42 Å². The number of rotatable bonds is 5. The van der Waals surface area contributed by atoms with E-state index in [1.807, 2.05) is 0 Å². The Hall–Kier alpha value is -2.87. The van der Waals surface area contributed by atoms with E-state index < -0.39 is 10.0 Å². The SMILES string of the molecule is N#Cc1cccc(C#N)c1NCc1ccc(S(=O)(=O)N2CCCCC2)cc1. The van der Waals surface area contributed by atoms with Crippen molar-refractivity contribution in [2.24, 2.45) is 0 Å². The Bertz CT molecular complexity index is 964. The van der Waals surface area contributed by atoms with Crippen LogP contribution in [0.15, 0.2) is 47.4 Å². The van der Waals surface area contributed by atoms with Gasteiger partial charge in [0.25, 0.3) is 0 Å². The molecule has 2 aromatic carbocycles. The molecule has 7 heteroatoms. The summed E-state index contributed by atoms with van der Waals surface area (Å²) in [6.07, 6.45) is 2.88. The largest absolute Gasteiger partial charge is 0.379 e. The highest BCUT2D eigenvalue weighted by Crippen LogP contribution is 2.23. The zero-order valence-electron chi connectivity index (χ0n) is 14.9. The second-order valence-corrected chi connectivity index (χ2v) is 8.35. The first-order chi connectivity index (χ1) is 13.1. The number of piperidine rings is 1. The second kappa shape index (κ2) is 8.22. The van der Waals surface area contributed by atoms with Crippen LogP contribution in [-0.4, -0.2) is 25.8 Å². The Morgan fingerprint density at radius 2 is 1.52 bits per heavy atom. The van der Waals surface area contributed by atoms with Gasteiger partial charge in [0.2, 0.25) is 10.0 Å². The summed E-state index contributed by atoms with van der Waals surface area (Å²) >= 11 is 0. The molecule has 1 N–H and O–H groups in total. The van der Waals surface area contributed by atoms with E-state index in [1.54, 1.807) is 46.8 Å². The van der Waals surface area contributed by atoms with E-state index in [1.165, 1.54) is 0 Å². The first kappa shape index (κ1) is 18.9. The Kier molecular flexibility index (Phi) is 5.75. The van der Waals surface area contributed by atoms with Crippen molar-refractivity contribution in [3.63, 3.8) is 0 Å². The molecular weight excluding hydrogens is 360 g/mol. The third-order valence-electron chi connectivity index (χ3n) is 4.65. The van der Waals surface area contributed by atoms with Crippen molar-refractivity contribution in [2.75, 3.05) is 18.4 Å². The van der Waals surface area contributed by atoms with Crippen molar-refractivity contribution in [1.82, 2.24) is 4.31 Å². The third-order valence-corrected chi connectivity index (χ3v) is 6.56. The summed E-state index contributed by atoms with van der Waals surface area (Å²) in [5.74, 6) is 0. The van der Waals surface area contributed by atoms with E-state index in [4.69, 9.17) is 0 Å². The van der Waals surface area contributed by atoms with Gasteiger partial charge in [-0.2, -0.15) is 14.8 Å². The zero-order chi connectivity index (χ0) is 19.3. The lowest BCUT2D eigenvalue weighted by Crippen LogP contribution is -2.35. The molecule has 0 aliphatic carbocycles. The number of sulfonamides is 1. The molecule has 2 aromatic rings. The summed E-state index contributed by atoms with van der Waals surface area (Å²) in [6, 6.07) is 15.9. The van der Waals surface area contributed by atoms with Crippen LogP contribution in [0.3, 0.4) is 0 Å². The van der Waals surface area contributed by atoms with E-state index in [9.17, 15) is 18.9 Å². The lowest BCUT2D eigenvalue weighted by molar-refractivity contribution is 0.346. The zero-order valence-corrected chi connectivity index (χ0v) is 15.7. The van der Waals surface area contributed by atoms with Crippen molar-refractivity contribution in [1.29, 1.82) is 10.5 Å². The number of para-hydroxylation sites is 1. The highest BCUT2D eigenvalue weighted by Gasteiger charge is 2.25. The molecule has 1 aliphatic heterocycles. The highest BCUT2D eigenvalue weighted by molar-refractivity contribution is 7.89. The molecule has 0 aromatic heterocycles. The van der Waals surface area contributed by atoms with Crippen LogP contribution in [0, 0.1) is 22.7 Å². The maximum absolute atomic E-state index is 12.7. The van der Waals surface area contributed by atoms with Gasteiger partial charge in [0.05, 0.1) is 21.7 Å². The number of hydrogen-bond donors (Lipinski definition) is 1. The van der Waals surface area contributed by atoms with Crippen molar-refractivity contribution in [3.8, 4) is 12.1 Å². The summed E-state index contributed by atoms with van der Waals surface area (Å²) in [7, 11) is -3.44. The van der Waals surface area contributed by atoms with Crippen LogP contribution in [0.1, 0.15) is 36.0 Å². The number of nitrogens with zero attached hydrogens (tertiary/aromatic N) is 3. The molecule has 0 radical (unpaired) electrons. The summed E-state index contributed by atoms with van der Waals surface area (Å²) in [5, 5.41) is 21.5. The molecule has 0 unspecified atom stereocenters. The third kappa shape index (κ3) is 4.11. The van der Waals surface area contributed by atoms with Gasteiger partial charge in [-0.3, -0.25) is 0 Å². The minimum atomic E-state index is -3.44. The average Bonchev–Trinajstić information content (AvgIpc) is 2.72. The van der Waals surface area contributed by atoms with Gasteiger partial charge in [-0.05, 0) is 42.7 Å². The van der Waals surface area contributed by atoms with Gasteiger partial charge < -0.3 is 5.32 Å². The van der Waals surface area contributed by atoms with Crippen molar-refractivity contribution >= 4 is 15.7 Å². The lowest BCUT2D eigenvalue weighted by Gasteiger charge is -2.25. The quantitative estimate of drug-likeness (QED) is 0.859. The summed E-state index contributed by atoms with van der Waals surface area (Å²) in [4.78, 5) is 0.295. The molecule has 3 rings (SSSR count). The Labute approximate surface area is 159 Å². The highest BCUT2D eigenvalue weighted by atomic mass is 32.2. The maximum Gasteiger partial charge on any atom is 0.243 e. The number of hydrogen-bond acceptors (Lipinski definition) is 5. The van der Waals surface area contributed by atoms with E-state index >= 15 is 0 Å². The molecule has 138 valence electrons. The maximum atomic E-state index is 12.7. The van der Waals surface area contributed by atoms with Crippen LogP contribution in [-0.2, 0) is 16.6 Å². The van der Waals surface area contributed by atoms with Crippen molar-refractivity contribution in [2.45, 2.75) is 30.7 Å². The van der Waals surface area contributed by atoms with Crippen LogP contribution >= 0.6 is 0 Å². The second-order valence-electron chi connectivity index (χ2n) is 6.41. The van der Waals surface area contributed by atoms with Crippen LogP contribution in [0.4, 0.5) is 5.69 Å². The number of nitrogens with one attached hydrogen (secondary N) is 1. The number of anilines is 1. The van der Waals surface area contributed by atoms with Gasteiger partial charge in [0.15, 0.2) is 0 Å². The van der Waals surface area contributed by atoms with E-state index in [0.29, 0.717) is 41.3 Å². The molecule has 0 spiro atoms. The summed E-state index contributed by atoms with van der Waals surface area (Å²) in [6.45, 7) is 1.54. The van der Waals surface area contributed by atoms with Gasteiger partial charge >= 0.3 is 0 Å². The lowest BCUT2D eigenvalue weighted by atomic mass is 10.1. The minimum absolute atomic E-state index is 0.295. The Balaban J connectivity index is 1.74. The predicted octanol–water partition coefficient (Wildman–Crippen LogP) is 3.22. The number of nitriles is 2. The van der Waals surface area contributed by atoms with Crippen LogP contribution in [0.5, 0.6) is 0 Å². The standard InChI is InChI=1S/C20H20N4O2S/c21-13-17-5-4-6-18(14-22)20(17)23-15-16-7-9-19(10-8-16)27(25,26)24-11-2-1-3-12-24/h4-10,23H,1-3,11-12,15H2. The van der Waals surface area contributed by atoms with E-state index in [-0.39, 0.29) is 0 Å². The first-order valence-corrected chi connectivity index (χ1v) is 10.3. The molecule has 1 heterocycles. The normalized spacial score (nSPS) is 14.9. The molecule has 0 atom stereocenters. The van der Waals surface area contributed by atoms with Crippen LogP contribution in [0.25, 0.3) is 0 Å². The Morgan fingerprint density at radius 1 is 0.926 bits per heavy atom.